The normalized spacial score (nSPS) is 12.1. The van der Waals surface area contributed by atoms with Crippen LogP contribution in [0.5, 0.6) is 5.75 Å². The highest BCUT2D eigenvalue weighted by atomic mass is 127. The average molecular weight is 556 g/mol. The molecule has 166 valence electrons. The molecular weight excluding hydrogens is 529 g/mol. The fourth-order valence-corrected chi connectivity index (χ4v) is 3.16. The van der Waals surface area contributed by atoms with Gasteiger partial charge in [0.15, 0.2) is 5.96 Å². The van der Waals surface area contributed by atoms with Gasteiger partial charge in [0.05, 0.1) is 13.2 Å². The lowest BCUT2D eigenvalue weighted by molar-refractivity contribution is 0.378. The van der Waals surface area contributed by atoms with Crippen molar-refractivity contribution >= 4 is 41.5 Å². The molecule has 3 aromatic rings. The molecule has 0 aliphatic carbocycles. The van der Waals surface area contributed by atoms with Crippen molar-refractivity contribution in [1.29, 1.82) is 0 Å². The van der Waals surface area contributed by atoms with Crippen LogP contribution in [-0.2, 0) is 6.42 Å². The molecule has 31 heavy (non-hydrogen) atoms. The second kappa shape index (κ2) is 11.9. The monoisotopic (exact) mass is 555 g/mol. The molecule has 0 amide bonds. The summed E-state index contributed by atoms with van der Waals surface area (Å²) in [5.74, 6) is 2.63. The molecule has 9 heteroatoms. The number of halogens is 2. The van der Waals surface area contributed by atoms with Crippen LogP contribution in [-0.4, -0.2) is 36.8 Å². The third kappa shape index (κ3) is 6.83. The average Bonchev–Trinajstić information content (AvgIpc) is 3.22. The minimum Gasteiger partial charge on any atom is -0.496 e. The van der Waals surface area contributed by atoms with E-state index < -0.39 is 0 Å². The first kappa shape index (κ1) is 24.9. The maximum Gasteiger partial charge on any atom is 0.228 e. The third-order valence-electron chi connectivity index (χ3n) is 4.63. The van der Waals surface area contributed by atoms with Crippen LogP contribution in [0.4, 0.5) is 0 Å². The number of hydrogen-bond acceptors (Lipinski definition) is 5. The molecule has 1 aromatic heterocycles. The molecule has 0 saturated heterocycles. The van der Waals surface area contributed by atoms with Crippen LogP contribution < -0.4 is 15.4 Å². The fourth-order valence-electron chi connectivity index (χ4n) is 3.03. The van der Waals surface area contributed by atoms with Crippen molar-refractivity contribution in [3.63, 3.8) is 0 Å². The minimum atomic E-state index is 0. The van der Waals surface area contributed by atoms with Crippen LogP contribution in [0.3, 0.4) is 0 Å². The number of nitrogens with one attached hydrogen (secondary N) is 2. The second-order valence-electron chi connectivity index (χ2n) is 6.88. The Morgan fingerprint density at radius 2 is 1.97 bits per heavy atom. The van der Waals surface area contributed by atoms with Gasteiger partial charge in [-0.05, 0) is 44.2 Å². The standard InChI is InChI=1S/C22H26ClN5O2.HI/c1-14-5-10-19(29-4)18(13-14)15(2)26-22(24-3)25-12-11-20-27-21(28-30-20)16-6-8-17(23)9-7-16;/h5-10,13,15H,11-12H2,1-4H3,(H2,24,25,26);1H. The molecule has 0 spiro atoms. The molecule has 0 radical (unpaired) electrons. The smallest absolute Gasteiger partial charge is 0.228 e. The molecule has 2 aromatic carbocycles. The quantitative estimate of drug-likeness (QED) is 0.248. The molecule has 0 saturated carbocycles. The molecule has 0 aliphatic heterocycles. The number of guanidine groups is 1. The number of rotatable bonds is 7. The summed E-state index contributed by atoms with van der Waals surface area (Å²) in [6.07, 6.45) is 0.573. The van der Waals surface area contributed by atoms with Crippen molar-refractivity contribution in [1.82, 2.24) is 20.8 Å². The summed E-state index contributed by atoms with van der Waals surface area (Å²) >= 11 is 5.92. The Balaban J connectivity index is 0.00000341. The van der Waals surface area contributed by atoms with Gasteiger partial charge in [0.2, 0.25) is 11.7 Å². The molecule has 0 bridgehead atoms. The van der Waals surface area contributed by atoms with E-state index in [4.69, 9.17) is 20.9 Å². The van der Waals surface area contributed by atoms with Crippen molar-refractivity contribution in [2.45, 2.75) is 26.3 Å². The molecule has 1 heterocycles. The van der Waals surface area contributed by atoms with E-state index in [1.807, 2.05) is 24.3 Å². The highest BCUT2D eigenvalue weighted by Crippen LogP contribution is 2.26. The Morgan fingerprint density at radius 3 is 2.65 bits per heavy atom. The van der Waals surface area contributed by atoms with Crippen LogP contribution >= 0.6 is 35.6 Å². The zero-order valence-electron chi connectivity index (χ0n) is 18.0. The molecule has 7 nitrogen and oxygen atoms in total. The third-order valence-corrected chi connectivity index (χ3v) is 4.88. The number of hydrogen-bond donors (Lipinski definition) is 2. The summed E-state index contributed by atoms with van der Waals surface area (Å²) in [7, 11) is 3.41. The van der Waals surface area contributed by atoms with E-state index in [0.29, 0.717) is 35.7 Å². The zero-order chi connectivity index (χ0) is 21.5. The lowest BCUT2D eigenvalue weighted by Crippen LogP contribution is -2.39. The number of methoxy groups -OCH3 is 1. The molecule has 3 rings (SSSR count). The van der Waals surface area contributed by atoms with E-state index in [2.05, 4.69) is 45.7 Å². The van der Waals surface area contributed by atoms with Crippen molar-refractivity contribution < 1.29 is 9.26 Å². The second-order valence-corrected chi connectivity index (χ2v) is 7.32. The maximum atomic E-state index is 5.92. The van der Waals surface area contributed by atoms with Crippen LogP contribution in [0.1, 0.15) is 30.0 Å². The Bertz CT molecular complexity index is 1010. The van der Waals surface area contributed by atoms with E-state index >= 15 is 0 Å². The van der Waals surface area contributed by atoms with E-state index in [-0.39, 0.29) is 30.0 Å². The number of ether oxygens (including phenoxy) is 1. The van der Waals surface area contributed by atoms with Gasteiger partial charge in [-0.2, -0.15) is 4.98 Å². The number of aromatic nitrogens is 2. The summed E-state index contributed by atoms with van der Waals surface area (Å²) in [5, 5.41) is 11.4. The molecular formula is C22H27ClIN5O2. The van der Waals surface area contributed by atoms with Gasteiger partial charge in [0.1, 0.15) is 5.75 Å². The number of aryl methyl sites for hydroxylation is 1. The van der Waals surface area contributed by atoms with Gasteiger partial charge >= 0.3 is 0 Å². The maximum absolute atomic E-state index is 5.92. The van der Waals surface area contributed by atoms with Crippen molar-refractivity contribution in [3.8, 4) is 17.1 Å². The summed E-state index contributed by atoms with van der Waals surface area (Å²) in [6, 6.07) is 13.5. The number of benzene rings is 2. The molecule has 0 fully saturated rings. The van der Waals surface area contributed by atoms with Crippen molar-refractivity contribution in [2.75, 3.05) is 20.7 Å². The zero-order valence-corrected chi connectivity index (χ0v) is 21.1. The summed E-state index contributed by atoms with van der Waals surface area (Å²) < 4.78 is 10.8. The highest BCUT2D eigenvalue weighted by molar-refractivity contribution is 14.0. The number of aliphatic imine (C=N–C) groups is 1. The SMILES string of the molecule is CN=C(NCCc1nc(-c2ccc(Cl)cc2)no1)NC(C)c1cc(C)ccc1OC.I. The van der Waals surface area contributed by atoms with E-state index in [0.717, 1.165) is 16.9 Å². The van der Waals surface area contributed by atoms with Gasteiger partial charge in [-0.1, -0.05) is 34.5 Å². The van der Waals surface area contributed by atoms with E-state index in [9.17, 15) is 0 Å². The van der Waals surface area contributed by atoms with E-state index in [1.54, 1.807) is 26.3 Å². The predicted octanol–water partition coefficient (Wildman–Crippen LogP) is 4.79. The molecule has 1 unspecified atom stereocenters. The Morgan fingerprint density at radius 1 is 1.23 bits per heavy atom. The van der Waals surface area contributed by atoms with Gasteiger partial charge in [-0.25, -0.2) is 0 Å². The number of nitrogens with zero attached hydrogens (tertiary/aromatic N) is 3. The van der Waals surface area contributed by atoms with Crippen LogP contribution in [0.25, 0.3) is 11.4 Å². The minimum absolute atomic E-state index is 0. The molecule has 1 atom stereocenters. The van der Waals surface area contributed by atoms with Crippen LogP contribution in [0.15, 0.2) is 52.0 Å². The Hall–Kier alpha value is -2.33. The summed E-state index contributed by atoms with van der Waals surface area (Å²) in [4.78, 5) is 8.73. The van der Waals surface area contributed by atoms with Gasteiger partial charge in [0.25, 0.3) is 0 Å². The first-order chi connectivity index (χ1) is 14.5. The lowest BCUT2D eigenvalue weighted by Gasteiger charge is -2.20. The van der Waals surface area contributed by atoms with Gasteiger partial charge < -0.3 is 19.9 Å². The van der Waals surface area contributed by atoms with Gasteiger partial charge in [-0.15, -0.1) is 24.0 Å². The Kier molecular flexibility index (Phi) is 9.57. The first-order valence-electron chi connectivity index (χ1n) is 9.70. The van der Waals surface area contributed by atoms with Crippen LogP contribution in [0, 0.1) is 6.92 Å². The van der Waals surface area contributed by atoms with Crippen molar-refractivity contribution in [2.24, 2.45) is 4.99 Å². The highest BCUT2D eigenvalue weighted by Gasteiger charge is 2.14. The topological polar surface area (TPSA) is 84.6 Å². The Labute approximate surface area is 204 Å². The summed E-state index contributed by atoms with van der Waals surface area (Å²) in [5.41, 5.74) is 3.11. The van der Waals surface area contributed by atoms with Gasteiger partial charge in [-0.3, -0.25) is 4.99 Å². The predicted molar refractivity (Wildman–Crippen MR) is 135 cm³/mol. The van der Waals surface area contributed by atoms with Crippen molar-refractivity contribution in [3.05, 3.63) is 64.5 Å². The molecule has 0 aliphatic rings. The van der Waals surface area contributed by atoms with Gasteiger partial charge in [0, 0.05) is 36.2 Å². The molecule has 2 N–H and O–H groups in total. The lowest BCUT2D eigenvalue weighted by atomic mass is 10.0. The largest absolute Gasteiger partial charge is 0.496 e. The van der Waals surface area contributed by atoms with E-state index in [1.165, 1.54) is 5.56 Å². The summed E-state index contributed by atoms with van der Waals surface area (Å²) in [6.45, 7) is 4.73. The fraction of sp³-hybridized carbons (Fsp3) is 0.318. The van der Waals surface area contributed by atoms with Crippen LogP contribution in [0.2, 0.25) is 5.02 Å². The first-order valence-corrected chi connectivity index (χ1v) is 10.1.